The summed E-state index contributed by atoms with van der Waals surface area (Å²) >= 11 is 0. The average molecular weight is 402 g/mol. The summed E-state index contributed by atoms with van der Waals surface area (Å²) in [6, 6.07) is 10.5. The highest BCUT2D eigenvalue weighted by molar-refractivity contribution is 5.96. The molecule has 0 saturated heterocycles. The maximum absolute atomic E-state index is 12.1. The third kappa shape index (κ3) is 6.58. The maximum Gasteiger partial charge on any atom is 0.338 e. The minimum atomic E-state index is -0.646. The molecule has 29 heavy (non-hydrogen) atoms. The molecule has 0 aliphatic heterocycles. The van der Waals surface area contributed by atoms with Crippen LogP contribution in [0.1, 0.15) is 29.8 Å². The van der Waals surface area contributed by atoms with Crippen LogP contribution < -0.4 is 10.1 Å². The van der Waals surface area contributed by atoms with Gasteiger partial charge in [-0.3, -0.25) is 14.9 Å². The average Bonchev–Trinajstić information content (AvgIpc) is 2.70. The number of ether oxygens (including phenoxy) is 3. The summed E-state index contributed by atoms with van der Waals surface area (Å²) < 4.78 is 15.5. The van der Waals surface area contributed by atoms with E-state index in [-0.39, 0.29) is 23.2 Å². The van der Waals surface area contributed by atoms with Gasteiger partial charge < -0.3 is 19.5 Å². The predicted octanol–water partition coefficient (Wildman–Crippen LogP) is 3.32. The molecule has 2 aromatic carbocycles. The SMILES string of the molecule is COc1cc([N+](=O)[O-])ccc1NC(=O)COC(=O)c1ccc(COC(C)C)cc1. The largest absolute Gasteiger partial charge is 0.494 e. The van der Waals surface area contributed by atoms with Crippen LogP contribution >= 0.6 is 0 Å². The summed E-state index contributed by atoms with van der Waals surface area (Å²) in [4.78, 5) is 34.4. The number of nitrogens with zero attached hydrogens (tertiary/aromatic N) is 1. The zero-order valence-corrected chi connectivity index (χ0v) is 16.3. The number of benzene rings is 2. The van der Waals surface area contributed by atoms with Crippen molar-refractivity contribution in [1.29, 1.82) is 0 Å². The fourth-order valence-electron chi connectivity index (χ4n) is 2.30. The lowest BCUT2D eigenvalue weighted by Gasteiger charge is -2.10. The minimum absolute atomic E-state index is 0.104. The summed E-state index contributed by atoms with van der Waals surface area (Å²) in [6.45, 7) is 3.79. The van der Waals surface area contributed by atoms with Crippen LogP contribution in [0.15, 0.2) is 42.5 Å². The van der Waals surface area contributed by atoms with Gasteiger partial charge in [-0.15, -0.1) is 0 Å². The van der Waals surface area contributed by atoms with E-state index in [1.54, 1.807) is 24.3 Å². The number of esters is 1. The molecule has 0 fully saturated rings. The fourth-order valence-corrected chi connectivity index (χ4v) is 2.30. The molecule has 1 amide bonds. The number of rotatable bonds is 9. The number of anilines is 1. The summed E-state index contributed by atoms with van der Waals surface area (Å²) in [5.41, 5.74) is 1.28. The van der Waals surface area contributed by atoms with Gasteiger partial charge in [0.15, 0.2) is 6.61 Å². The van der Waals surface area contributed by atoms with Gasteiger partial charge in [0.05, 0.1) is 42.1 Å². The zero-order valence-electron chi connectivity index (χ0n) is 16.3. The van der Waals surface area contributed by atoms with Crippen molar-refractivity contribution in [1.82, 2.24) is 0 Å². The number of hydrogen-bond donors (Lipinski definition) is 1. The van der Waals surface area contributed by atoms with E-state index in [0.29, 0.717) is 12.2 Å². The lowest BCUT2D eigenvalue weighted by Crippen LogP contribution is -2.21. The van der Waals surface area contributed by atoms with Gasteiger partial charge in [-0.25, -0.2) is 4.79 Å². The lowest BCUT2D eigenvalue weighted by atomic mass is 10.1. The lowest BCUT2D eigenvalue weighted by molar-refractivity contribution is -0.384. The predicted molar refractivity (Wildman–Crippen MR) is 105 cm³/mol. The fraction of sp³-hybridized carbons (Fsp3) is 0.300. The molecule has 9 nitrogen and oxygen atoms in total. The van der Waals surface area contributed by atoms with Crippen LogP contribution in [0.5, 0.6) is 5.75 Å². The van der Waals surface area contributed by atoms with E-state index in [1.807, 2.05) is 13.8 Å². The van der Waals surface area contributed by atoms with Gasteiger partial charge in [0.1, 0.15) is 5.75 Å². The number of methoxy groups -OCH3 is 1. The molecule has 0 spiro atoms. The molecule has 0 heterocycles. The van der Waals surface area contributed by atoms with Gasteiger partial charge in [0.25, 0.3) is 11.6 Å². The number of hydrogen-bond acceptors (Lipinski definition) is 7. The Morgan fingerprint density at radius 2 is 1.83 bits per heavy atom. The van der Waals surface area contributed by atoms with Gasteiger partial charge >= 0.3 is 5.97 Å². The number of nitro groups is 1. The second-order valence-corrected chi connectivity index (χ2v) is 6.32. The van der Waals surface area contributed by atoms with Crippen molar-refractivity contribution in [3.05, 3.63) is 63.7 Å². The van der Waals surface area contributed by atoms with Crippen molar-refractivity contribution in [2.75, 3.05) is 19.0 Å². The monoisotopic (exact) mass is 402 g/mol. The first-order valence-corrected chi connectivity index (χ1v) is 8.80. The standard InChI is InChI=1S/C20H22N2O7/c1-13(2)28-11-14-4-6-15(7-5-14)20(24)29-12-19(23)21-17-9-8-16(22(25)26)10-18(17)27-3/h4-10,13H,11-12H2,1-3H3,(H,21,23). The van der Waals surface area contributed by atoms with Crippen LogP contribution in [-0.2, 0) is 20.9 Å². The van der Waals surface area contributed by atoms with Gasteiger partial charge in [0, 0.05) is 6.07 Å². The molecule has 0 aliphatic carbocycles. The molecule has 0 atom stereocenters. The molecule has 9 heteroatoms. The molecular formula is C20H22N2O7. The molecule has 2 rings (SSSR count). The topological polar surface area (TPSA) is 117 Å². The molecular weight excluding hydrogens is 380 g/mol. The Balaban J connectivity index is 1.90. The first kappa shape index (κ1) is 21.8. The van der Waals surface area contributed by atoms with Crippen molar-refractivity contribution >= 4 is 23.3 Å². The summed E-state index contributed by atoms with van der Waals surface area (Å²) in [5.74, 6) is -1.13. The molecule has 0 radical (unpaired) electrons. The Kier molecular flexibility index (Phi) is 7.67. The van der Waals surface area contributed by atoms with Gasteiger partial charge in [-0.2, -0.15) is 0 Å². The number of nitro benzene ring substituents is 1. The first-order chi connectivity index (χ1) is 13.8. The Bertz CT molecular complexity index is 879. The van der Waals surface area contributed by atoms with Gasteiger partial charge in [-0.1, -0.05) is 12.1 Å². The number of carbonyl (C=O) groups is 2. The Morgan fingerprint density at radius 3 is 2.41 bits per heavy atom. The molecule has 2 aromatic rings. The van der Waals surface area contributed by atoms with E-state index in [1.165, 1.54) is 25.3 Å². The quantitative estimate of drug-likeness (QED) is 0.388. The third-order valence-electron chi connectivity index (χ3n) is 3.78. The van der Waals surface area contributed by atoms with Crippen LogP contribution in [0.2, 0.25) is 0 Å². The minimum Gasteiger partial charge on any atom is -0.494 e. The van der Waals surface area contributed by atoms with E-state index in [4.69, 9.17) is 14.2 Å². The van der Waals surface area contributed by atoms with Crippen LogP contribution in [0.3, 0.4) is 0 Å². The molecule has 0 unspecified atom stereocenters. The summed E-state index contributed by atoms with van der Waals surface area (Å²) in [5, 5.41) is 13.3. The smallest absolute Gasteiger partial charge is 0.338 e. The molecule has 0 aliphatic rings. The normalized spacial score (nSPS) is 10.5. The van der Waals surface area contributed by atoms with Crippen LogP contribution in [-0.4, -0.2) is 36.6 Å². The van der Waals surface area contributed by atoms with Crippen molar-refractivity contribution in [2.45, 2.75) is 26.6 Å². The van der Waals surface area contributed by atoms with E-state index >= 15 is 0 Å². The highest BCUT2D eigenvalue weighted by atomic mass is 16.6. The van der Waals surface area contributed by atoms with E-state index in [9.17, 15) is 19.7 Å². The number of non-ortho nitro benzene ring substituents is 1. The highest BCUT2D eigenvalue weighted by Gasteiger charge is 2.15. The highest BCUT2D eigenvalue weighted by Crippen LogP contribution is 2.28. The zero-order chi connectivity index (χ0) is 21.4. The van der Waals surface area contributed by atoms with Crippen LogP contribution in [0.4, 0.5) is 11.4 Å². The van der Waals surface area contributed by atoms with E-state index < -0.39 is 23.4 Å². The van der Waals surface area contributed by atoms with Crippen molar-refractivity contribution < 1.29 is 28.7 Å². The summed E-state index contributed by atoms with van der Waals surface area (Å²) in [6.07, 6.45) is 0.104. The molecule has 0 bridgehead atoms. The molecule has 1 N–H and O–H groups in total. The van der Waals surface area contributed by atoms with Crippen LogP contribution in [0.25, 0.3) is 0 Å². The molecule has 0 aromatic heterocycles. The summed E-state index contributed by atoms with van der Waals surface area (Å²) in [7, 11) is 1.32. The second-order valence-electron chi connectivity index (χ2n) is 6.32. The van der Waals surface area contributed by atoms with Gasteiger partial charge in [0.2, 0.25) is 0 Å². The van der Waals surface area contributed by atoms with Crippen LogP contribution in [0, 0.1) is 10.1 Å². The second kappa shape index (κ2) is 10.2. The number of amides is 1. The van der Waals surface area contributed by atoms with Crippen molar-refractivity contribution in [3.8, 4) is 5.75 Å². The van der Waals surface area contributed by atoms with Crippen molar-refractivity contribution in [3.63, 3.8) is 0 Å². The Labute approximate surface area is 167 Å². The first-order valence-electron chi connectivity index (χ1n) is 8.80. The molecule has 0 saturated carbocycles. The Morgan fingerprint density at radius 1 is 1.14 bits per heavy atom. The molecule has 154 valence electrons. The van der Waals surface area contributed by atoms with E-state index in [2.05, 4.69) is 5.32 Å². The number of nitrogens with one attached hydrogen (secondary N) is 1. The van der Waals surface area contributed by atoms with Crippen molar-refractivity contribution in [2.24, 2.45) is 0 Å². The van der Waals surface area contributed by atoms with Gasteiger partial charge in [-0.05, 0) is 37.6 Å². The van der Waals surface area contributed by atoms with E-state index in [0.717, 1.165) is 5.56 Å². The Hall–Kier alpha value is -3.46. The number of carbonyl (C=O) groups excluding carboxylic acids is 2. The third-order valence-corrected chi connectivity index (χ3v) is 3.78. The maximum atomic E-state index is 12.1.